The first-order valence-electron chi connectivity index (χ1n) is 21.7. The minimum Gasteiger partial charge on any atom is -0.310 e. The molecule has 0 aromatic heterocycles. The summed E-state index contributed by atoms with van der Waals surface area (Å²) in [5, 5.41) is 2.69. The average molecular weight is 775 g/mol. The minimum atomic E-state index is -0.249. The van der Waals surface area contributed by atoms with Crippen LogP contribution in [0.2, 0.25) is 0 Å². The fourth-order valence-corrected chi connectivity index (χ4v) is 12.2. The van der Waals surface area contributed by atoms with Gasteiger partial charge in [0.25, 0.3) is 0 Å². The van der Waals surface area contributed by atoms with Gasteiger partial charge in [0.2, 0.25) is 0 Å². The number of hydrogen-bond acceptors (Lipinski definition) is 2. The van der Waals surface area contributed by atoms with Crippen molar-refractivity contribution < 1.29 is 0 Å². The molecule has 0 unspecified atom stereocenters. The predicted molar refractivity (Wildman–Crippen MR) is 253 cm³/mol. The quantitative estimate of drug-likeness (QED) is 0.173. The van der Waals surface area contributed by atoms with Gasteiger partial charge in [-0.1, -0.05) is 165 Å². The van der Waals surface area contributed by atoms with Gasteiger partial charge < -0.3 is 9.80 Å². The molecule has 4 aliphatic rings. The van der Waals surface area contributed by atoms with E-state index in [9.17, 15) is 0 Å². The van der Waals surface area contributed by atoms with Crippen LogP contribution >= 0.6 is 0 Å². The average Bonchev–Trinajstić information content (AvgIpc) is 3.63. The number of fused-ring (bicyclic) bond motifs is 14. The molecule has 292 valence electrons. The van der Waals surface area contributed by atoms with Crippen molar-refractivity contribution in [2.24, 2.45) is 0 Å². The Labute approximate surface area is 354 Å². The Balaban J connectivity index is 1.06. The van der Waals surface area contributed by atoms with Crippen molar-refractivity contribution in [2.45, 2.75) is 77.0 Å². The number of para-hydroxylation sites is 4. The third-order valence-electron chi connectivity index (χ3n) is 15.1. The highest BCUT2D eigenvalue weighted by Gasteiger charge is 2.48. The Morgan fingerprint density at radius 1 is 0.300 bits per heavy atom. The Hall–Kier alpha value is -6.38. The van der Waals surface area contributed by atoms with E-state index in [0.29, 0.717) is 0 Å². The largest absolute Gasteiger partial charge is 0.310 e. The van der Waals surface area contributed by atoms with E-state index in [2.05, 4.69) is 223 Å². The molecule has 8 aromatic carbocycles. The lowest BCUT2D eigenvalue weighted by molar-refractivity contribution is 0.601. The lowest BCUT2D eigenvalue weighted by Crippen LogP contribution is -2.30. The van der Waals surface area contributed by atoms with Gasteiger partial charge in [-0.25, -0.2) is 0 Å². The molecule has 60 heavy (non-hydrogen) atoms. The summed E-state index contributed by atoms with van der Waals surface area (Å²) in [6.45, 7) is 19.4. The lowest BCUT2D eigenvalue weighted by Gasteiger charge is -2.42. The summed E-state index contributed by atoms with van der Waals surface area (Å²) in [5.74, 6) is 0. The molecule has 2 heteroatoms. The maximum Gasteiger partial charge on any atom is 0.0502 e. The molecule has 2 heterocycles. The Bertz CT molecular complexity index is 2860. The third-order valence-corrected chi connectivity index (χ3v) is 15.1. The molecule has 8 aromatic rings. The molecule has 0 bridgehead atoms. The summed E-state index contributed by atoms with van der Waals surface area (Å²) in [7, 11) is 0. The summed E-state index contributed by atoms with van der Waals surface area (Å²) in [5.41, 5.74) is 23.4. The topological polar surface area (TPSA) is 6.48 Å². The minimum absolute atomic E-state index is 0.104. The van der Waals surface area contributed by atoms with E-state index in [1.165, 1.54) is 112 Å². The highest BCUT2D eigenvalue weighted by Crippen LogP contribution is 2.64. The van der Waals surface area contributed by atoms with E-state index in [0.717, 1.165) is 0 Å². The second-order valence-electron chi connectivity index (χ2n) is 19.7. The monoisotopic (exact) mass is 774 g/mol. The SMILES string of the molecule is CC1(C)c2ccccc2N(c2ccc3c(c2)C(C)(C)c2c4c(c5ccccc5c2-3)-c2ccc(N3c5ccccc5C(C)(C)c5ccccc53)cc2C4(C)C)c2ccccc21. The number of hydrogen-bond donors (Lipinski definition) is 0. The van der Waals surface area contributed by atoms with E-state index < -0.39 is 0 Å². The molecule has 2 aliphatic carbocycles. The molecule has 12 rings (SSSR count). The summed E-state index contributed by atoms with van der Waals surface area (Å²) >= 11 is 0. The predicted octanol–water partition coefficient (Wildman–Crippen LogP) is 15.7. The molecule has 0 fully saturated rings. The third kappa shape index (κ3) is 4.34. The van der Waals surface area contributed by atoms with Crippen LogP contribution in [0.4, 0.5) is 34.1 Å². The standard InChI is InChI=1S/C58H50N2/c1-55(2)41-21-11-15-25-47(41)59(48-26-16-12-22-42(48)55)35-29-31-39-45(33-35)57(5,6)53-51(39)37-19-9-10-20-38(37)52-40-32-30-36(34-46(40)58(7,8)54(52)53)60-49-27-17-13-23-43(49)56(3,4)44-24-14-18-28-50(44)60/h9-34H,1-8H3. The lowest BCUT2D eigenvalue weighted by atomic mass is 9.71. The van der Waals surface area contributed by atoms with Crippen molar-refractivity contribution in [3.05, 3.63) is 202 Å². The van der Waals surface area contributed by atoms with Gasteiger partial charge in [0.1, 0.15) is 0 Å². The van der Waals surface area contributed by atoms with E-state index in [4.69, 9.17) is 0 Å². The first-order valence-corrected chi connectivity index (χ1v) is 21.7. The Kier molecular flexibility index (Phi) is 6.91. The van der Waals surface area contributed by atoms with Crippen LogP contribution in [0, 0.1) is 0 Å². The molecule has 0 saturated heterocycles. The van der Waals surface area contributed by atoms with Gasteiger partial charge >= 0.3 is 0 Å². The zero-order chi connectivity index (χ0) is 41.1. The van der Waals surface area contributed by atoms with E-state index in [1.54, 1.807) is 0 Å². The molecular weight excluding hydrogens is 725 g/mol. The molecule has 2 nitrogen and oxygen atoms in total. The second-order valence-corrected chi connectivity index (χ2v) is 19.7. The van der Waals surface area contributed by atoms with Gasteiger partial charge in [-0.05, 0) is 126 Å². The van der Waals surface area contributed by atoms with Crippen LogP contribution in [0.5, 0.6) is 0 Å². The number of benzene rings is 8. The van der Waals surface area contributed by atoms with Crippen molar-refractivity contribution >= 4 is 44.9 Å². The van der Waals surface area contributed by atoms with Crippen LogP contribution in [0.1, 0.15) is 99.9 Å². The van der Waals surface area contributed by atoms with E-state index >= 15 is 0 Å². The molecule has 0 saturated carbocycles. The van der Waals surface area contributed by atoms with Crippen molar-refractivity contribution in [2.75, 3.05) is 9.80 Å². The maximum absolute atomic E-state index is 2.52. The van der Waals surface area contributed by atoms with Gasteiger partial charge in [-0.2, -0.15) is 0 Å². The molecule has 0 amide bonds. The molecule has 2 aliphatic heterocycles. The van der Waals surface area contributed by atoms with Crippen LogP contribution < -0.4 is 9.80 Å². The van der Waals surface area contributed by atoms with Gasteiger partial charge in [-0.15, -0.1) is 0 Å². The Morgan fingerprint density at radius 2 is 0.600 bits per heavy atom. The summed E-state index contributed by atoms with van der Waals surface area (Å²) in [6.07, 6.45) is 0. The fraction of sp³-hybridized carbons (Fsp3) is 0.207. The maximum atomic E-state index is 2.52. The summed E-state index contributed by atoms with van der Waals surface area (Å²) in [6, 6.07) is 59.8. The highest BCUT2D eigenvalue weighted by atomic mass is 15.2. The number of anilines is 6. The fourth-order valence-electron chi connectivity index (χ4n) is 12.2. The molecule has 0 spiro atoms. The van der Waals surface area contributed by atoms with Crippen LogP contribution in [0.15, 0.2) is 158 Å². The van der Waals surface area contributed by atoms with Crippen molar-refractivity contribution in [3.63, 3.8) is 0 Å². The zero-order valence-corrected chi connectivity index (χ0v) is 35.9. The van der Waals surface area contributed by atoms with Crippen LogP contribution in [-0.2, 0) is 21.7 Å². The summed E-state index contributed by atoms with van der Waals surface area (Å²) < 4.78 is 0. The summed E-state index contributed by atoms with van der Waals surface area (Å²) in [4.78, 5) is 5.02. The van der Waals surface area contributed by atoms with Gasteiger partial charge in [0, 0.05) is 33.0 Å². The van der Waals surface area contributed by atoms with Gasteiger partial charge in [0.15, 0.2) is 0 Å². The number of rotatable bonds is 2. The van der Waals surface area contributed by atoms with E-state index in [-0.39, 0.29) is 21.7 Å². The van der Waals surface area contributed by atoms with Crippen LogP contribution in [-0.4, -0.2) is 0 Å². The van der Waals surface area contributed by atoms with Crippen LogP contribution in [0.3, 0.4) is 0 Å². The number of nitrogens with zero attached hydrogens (tertiary/aromatic N) is 2. The van der Waals surface area contributed by atoms with Crippen LogP contribution in [0.25, 0.3) is 33.0 Å². The molecular formula is C58H50N2. The van der Waals surface area contributed by atoms with Crippen molar-refractivity contribution in [1.82, 2.24) is 0 Å². The van der Waals surface area contributed by atoms with Crippen molar-refractivity contribution in [1.29, 1.82) is 0 Å². The second kappa shape index (κ2) is 11.7. The van der Waals surface area contributed by atoms with E-state index in [1.807, 2.05) is 0 Å². The highest BCUT2D eigenvalue weighted by molar-refractivity contribution is 6.13. The first-order chi connectivity index (χ1) is 28.8. The zero-order valence-electron chi connectivity index (χ0n) is 35.9. The van der Waals surface area contributed by atoms with Gasteiger partial charge in [0.05, 0.1) is 22.7 Å². The van der Waals surface area contributed by atoms with Crippen molar-refractivity contribution in [3.8, 4) is 22.3 Å². The normalized spacial score (nSPS) is 17.5. The first kappa shape index (κ1) is 35.6. The molecule has 0 N–H and O–H groups in total. The molecule has 0 radical (unpaired) electrons. The molecule has 0 atom stereocenters. The Morgan fingerprint density at radius 3 is 0.933 bits per heavy atom. The van der Waals surface area contributed by atoms with Gasteiger partial charge in [-0.3, -0.25) is 0 Å². The smallest absolute Gasteiger partial charge is 0.0502 e.